The molecule has 120 valence electrons. The lowest BCUT2D eigenvalue weighted by molar-refractivity contribution is 0.255. The molecule has 1 aliphatic carbocycles. The third-order valence-electron chi connectivity index (χ3n) is 3.98. The van der Waals surface area contributed by atoms with Gasteiger partial charge in [-0.15, -0.1) is 0 Å². The normalized spacial score (nSPS) is 27.9. The van der Waals surface area contributed by atoms with Gasteiger partial charge in [0.25, 0.3) is 10.2 Å². The second-order valence-electron chi connectivity index (χ2n) is 6.27. The van der Waals surface area contributed by atoms with E-state index in [2.05, 4.69) is 23.9 Å². The van der Waals surface area contributed by atoms with Crippen molar-refractivity contribution in [2.45, 2.75) is 52.5 Å². The summed E-state index contributed by atoms with van der Waals surface area (Å²) in [6.07, 6.45) is 3.95. The van der Waals surface area contributed by atoms with Crippen LogP contribution in [-0.4, -0.2) is 45.4 Å². The van der Waals surface area contributed by atoms with Gasteiger partial charge in [-0.05, 0) is 50.6 Å². The third-order valence-corrected chi connectivity index (χ3v) is 5.62. The lowest BCUT2D eigenvalue weighted by Gasteiger charge is -2.32. The van der Waals surface area contributed by atoms with Crippen molar-refractivity contribution in [3.8, 4) is 0 Å². The van der Waals surface area contributed by atoms with Crippen molar-refractivity contribution in [3.63, 3.8) is 0 Å². The maximum Gasteiger partial charge on any atom is 0.279 e. The highest BCUT2D eigenvalue weighted by molar-refractivity contribution is 7.87. The SMILES string of the molecule is CCNCCCN(C)S(=O)(=O)NC1CC(C)CC(C)C1. The molecule has 0 heterocycles. The summed E-state index contributed by atoms with van der Waals surface area (Å²) in [5.74, 6) is 1.20. The first-order chi connectivity index (χ1) is 9.35. The van der Waals surface area contributed by atoms with E-state index < -0.39 is 10.2 Å². The fourth-order valence-electron chi connectivity index (χ4n) is 3.07. The fraction of sp³-hybridized carbons (Fsp3) is 1.00. The van der Waals surface area contributed by atoms with E-state index in [1.54, 1.807) is 7.05 Å². The van der Waals surface area contributed by atoms with Gasteiger partial charge in [0.2, 0.25) is 0 Å². The van der Waals surface area contributed by atoms with Crippen molar-refractivity contribution in [3.05, 3.63) is 0 Å². The summed E-state index contributed by atoms with van der Waals surface area (Å²) >= 11 is 0. The topological polar surface area (TPSA) is 61.4 Å². The van der Waals surface area contributed by atoms with Crippen LogP contribution < -0.4 is 10.0 Å². The molecule has 0 amide bonds. The van der Waals surface area contributed by atoms with Gasteiger partial charge in [-0.3, -0.25) is 0 Å². The van der Waals surface area contributed by atoms with E-state index in [1.807, 2.05) is 6.92 Å². The first kappa shape index (κ1) is 17.9. The zero-order chi connectivity index (χ0) is 15.2. The average Bonchev–Trinajstić information content (AvgIpc) is 2.32. The Morgan fingerprint density at radius 1 is 1.15 bits per heavy atom. The maximum absolute atomic E-state index is 12.3. The standard InChI is InChI=1S/C14H31N3O2S/c1-5-15-7-6-8-17(4)20(18,19)16-14-10-12(2)9-13(3)11-14/h12-16H,5-11H2,1-4H3. The van der Waals surface area contributed by atoms with Gasteiger partial charge in [0.1, 0.15) is 0 Å². The molecule has 1 fully saturated rings. The molecule has 6 heteroatoms. The first-order valence-electron chi connectivity index (χ1n) is 7.79. The second kappa shape index (κ2) is 8.32. The van der Waals surface area contributed by atoms with Crippen LogP contribution in [0.2, 0.25) is 0 Å². The van der Waals surface area contributed by atoms with Crippen LogP contribution in [0.4, 0.5) is 0 Å². The quantitative estimate of drug-likeness (QED) is 0.669. The van der Waals surface area contributed by atoms with E-state index >= 15 is 0 Å². The van der Waals surface area contributed by atoms with Gasteiger partial charge < -0.3 is 5.32 Å². The molecular weight excluding hydrogens is 274 g/mol. The molecule has 0 aromatic rings. The van der Waals surface area contributed by atoms with Gasteiger partial charge >= 0.3 is 0 Å². The van der Waals surface area contributed by atoms with E-state index in [9.17, 15) is 8.42 Å². The predicted octanol–water partition coefficient (Wildman–Crippen LogP) is 1.58. The zero-order valence-electron chi connectivity index (χ0n) is 13.4. The van der Waals surface area contributed by atoms with Crippen LogP contribution in [0.15, 0.2) is 0 Å². The lowest BCUT2D eigenvalue weighted by Crippen LogP contribution is -2.46. The molecule has 1 rings (SSSR count). The fourth-order valence-corrected chi connectivity index (χ4v) is 4.23. The Morgan fingerprint density at radius 2 is 1.75 bits per heavy atom. The molecular formula is C14H31N3O2S. The minimum atomic E-state index is -3.34. The van der Waals surface area contributed by atoms with Crippen molar-refractivity contribution in [2.75, 3.05) is 26.7 Å². The first-order valence-corrected chi connectivity index (χ1v) is 9.23. The Hall–Kier alpha value is -0.170. The van der Waals surface area contributed by atoms with Crippen LogP contribution in [0.5, 0.6) is 0 Å². The second-order valence-corrected chi connectivity index (χ2v) is 8.08. The summed E-state index contributed by atoms with van der Waals surface area (Å²) in [6, 6.07) is 0.0926. The van der Waals surface area contributed by atoms with Crippen molar-refractivity contribution >= 4 is 10.2 Å². The Labute approximate surface area is 124 Å². The van der Waals surface area contributed by atoms with Crippen LogP contribution in [0.1, 0.15) is 46.5 Å². The minimum Gasteiger partial charge on any atom is -0.317 e. The zero-order valence-corrected chi connectivity index (χ0v) is 14.2. The highest BCUT2D eigenvalue weighted by atomic mass is 32.2. The van der Waals surface area contributed by atoms with Gasteiger partial charge in [-0.2, -0.15) is 17.4 Å². The molecule has 1 saturated carbocycles. The summed E-state index contributed by atoms with van der Waals surface area (Å²) < 4.78 is 28.9. The van der Waals surface area contributed by atoms with Crippen LogP contribution in [0.3, 0.4) is 0 Å². The molecule has 0 radical (unpaired) electrons. The van der Waals surface area contributed by atoms with Crippen molar-refractivity contribution < 1.29 is 8.42 Å². The molecule has 0 aliphatic heterocycles. The largest absolute Gasteiger partial charge is 0.317 e. The van der Waals surface area contributed by atoms with Crippen molar-refractivity contribution in [1.29, 1.82) is 0 Å². The number of rotatable bonds is 8. The molecule has 2 N–H and O–H groups in total. The maximum atomic E-state index is 12.3. The summed E-state index contributed by atoms with van der Waals surface area (Å²) in [6.45, 7) is 8.79. The van der Waals surface area contributed by atoms with Gasteiger partial charge in [0, 0.05) is 19.6 Å². The molecule has 0 bridgehead atoms. The molecule has 0 aromatic carbocycles. The Bertz CT molecular complexity index is 363. The number of hydrogen-bond donors (Lipinski definition) is 2. The van der Waals surface area contributed by atoms with E-state index in [-0.39, 0.29) is 6.04 Å². The Morgan fingerprint density at radius 3 is 2.30 bits per heavy atom. The van der Waals surface area contributed by atoms with Crippen molar-refractivity contribution in [2.24, 2.45) is 11.8 Å². The number of nitrogens with one attached hydrogen (secondary N) is 2. The highest BCUT2D eigenvalue weighted by Crippen LogP contribution is 2.28. The highest BCUT2D eigenvalue weighted by Gasteiger charge is 2.28. The smallest absolute Gasteiger partial charge is 0.279 e. The van der Waals surface area contributed by atoms with E-state index in [4.69, 9.17) is 0 Å². The molecule has 0 aromatic heterocycles. The molecule has 2 atom stereocenters. The van der Waals surface area contributed by atoms with Gasteiger partial charge in [0.15, 0.2) is 0 Å². The van der Waals surface area contributed by atoms with Gasteiger partial charge in [-0.1, -0.05) is 20.8 Å². The van der Waals surface area contributed by atoms with Crippen molar-refractivity contribution in [1.82, 2.24) is 14.3 Å². The molecule has 1 aliphatic rings. The van der Waals surface area contributed by atoms with Crippen LogP contribution in [-0.2, 0) is 10.2 Å². The molecule has 5 nitrogen and oxygen atoms in total. The summed E-state index contributed by atoms with van der Waals surface area (Å²) in [7, 11) is -1.68. The van der Waals surface area contributed by atoms with E-state index in [1.165, 1.54) is 10.7 Å². The monoisotopic (exact) mass is 305 g/mol. The molecule has 2 unspecified atom stereocenters. The Balaban J connectivity index is 2.43. The average molecular weight is 305 g/mol. The van der Waals surface area contributed by atoms with Crippen LogP contribution >= 0.6 is 0 Å². The van der Waals surface area contributed by atoms with Crippen LogP contribution in [0.25, 0.3) is 0 Å². The van der Waals surface area contributed by atoms with Gasteiger partial charge in [0.05, 0.1) is 0 Å². The molecule has 0 saturated heterocycles. The minimum absolute atomic E-state index is 0.0926. The summed E-state index contributed by atoms with van der Waals surface area (Å²) in [5.41, 5.74) is 0. The molecule has 0 spiro atoms. The summed E-state index contributed by atoms with van der Waals surface area (Å²) in [5, 5.41) is 3.21. The Kier molecular flexibility index (Phi) is 7.43. The predicted molar refractivity (Wildman–Crippen MR) is 83.8 cm³/mol. The third kappa shape index (κ3) is 6.08. The number of nitrogens with zero attached hydrogens (tertiary/aromatic N) is 1. The van der Waals surface area contributed by atoms with E-state index in [0.29, 0.717) is 18.4 Å². The van der Waals surface area contributed by atoms with Crippen LogP contribution in [0, 0.1) is 11.8 Å². The van der Waals surface area contributed by atoms with E-state index in [0.717, 1.165) is 32.4 Å². The number of hydrogen-bond acceptors (Lipinski definition) is 3. The molecule has 20 heavy (non-hydrogen) atoms. The summed E-state index contributed by atoms with van der Waals surface area (Å²) in [4.78, 5) is 0. The van der Waals surface area contributed by atoms with Gasteiger partial charge in [-0.25, -0.2) is 0 Å². The lowest BCUT2D eigenvalue weighted by atomic mass is 9.81.